The fourth-order valence-electron chi connectivity index (χ4n) is 5.73. The lowest BCUT2D eigenvalue weighted by Gasteiger charge is -2.33. The molecule has 0 radical (unpaired) electrons. The summed E-state index contributed by atoms with van der Waals surface area (Å²) in [6, 6.07) is 7.40. The van der Waals surface area contributed by atoms with Crippen LogP contribution in [0.4, 0.5) is 4.39 Å². The number of rotatable bonds is 3. The van der Waals surface area contributed by atoms with Crippen LogP contribution in [0.3, 0.4) is 0 Å². The zero-order valence-electron chi connectivity index (χ0n) is 19.4. The number of piperidine rings is 2. The summed E-state index contributed by atoms with van der Waals surface area (Å²) < 4.78 is 14.6. The minimum atomic E-state index is -0.747. The fourth-order valence-corrected chi connectivity index (χ4v) is 5.73. The Morgan fingerprint density at radius 2 is 1.89 bits per heavy atom. The van der Waals surface area contributed by atoms with Crippen molar-refractivity contribution >= 4 is 34.7 Å². The second-order valence-electron chi connectivity index (χ2n) is 9.59. The molecular weight excluding hydrogens is 465 g/mol. The van der Waals surface area contributed by atoms with Gasteiger partial charge in [0.05, 0.1) is 22.9 Å². The summed E-state index contributed by atoms with van der Waals surface area (Å²) in [7, 11) is 0. The smallest absolute Gasteiger partial charge is 0.256 e. The van der Waals surface area contributed by atoms with Gasteiger partial charge in [0, 0.05) is 31.6 Å². The van der Waals surface area contributed by atoms with Crippen molar-refractivity contribution in [1.82, 2.24) is 25.1 Å². The molecule has 2 N–H and O–H groups in total. The maximum absolute atomic E-state index is 14.6. The maximum atomic E-state index is 14.6. The average Bonchev–Trinajstić information content (AvgIpc) is 3.48. The molecule has 3 aliphatic rings. The van der Waals surface area contributed by atoms with Crippen molar-refractivity contribution in [3.05, 3.63) is 64.7 Å². The van der Waals surface area contributed by atoms with Crippen molar-refractivity contribution in [2.45, 2.75) is 44.2 Å². The molecule has 2 saturated heterocycles. The van der Waals surface area contributed by atoms with E-state index in [1.807, 2.05) is 12.1 Å². The first kappa shape index (κ1) is 22.4. The third-order valence-corrected chi connectivity index (χ3v) is 7.56. The van der Waals surface area contributed by atoms with Crippen LogP contribution >= 0.6 is 0 Å². The summed E-state index contributed by atoms with van der Waals surface area (Å²) in [5, 5.41) is 2.29. The number of likely N-dealkylation sites (tertiary alicyclic amines) is 1. The molecule has 10 heteroatoms. The molecule has 3 aromatic rings. The van der Waals surface area contributed by atoms with Crippen LogP contribution in [0.2, 0.25) is 0 Å². The molecule has 4 amide bonds. The van der Waals surface area contributed by atoms with E-state index in [0.717, 1.165) is 16.6 Å². The zero-order chi connectivity index (χ0) is 25.0. The Labute approximate surface area is 205 Å². The highest BCUT2D eigenvalue weighted by Crippen LogP contribution is 2.38. The zero-order valence-corrected chi connectivity index (χ0v) is 19.4. The highest BCUT2D eigenvalue weighted by atomic mass is 19.1. The number of carbonyl (C=O) groups excluding carboxylic acids is 4. The SMILES string of the molecule is O=C1CCC(N2Cc3c(cc(F)cc3C3CCN(C(=O)c4cccc5nc[nH]c45)CC3)C2=O)C(=O)N1. The van der Waals surface area contributed by atoms with Crippen molar-refractivity contribution in [3.8, 4) is 0 Å². The first-order chi connectivity index (χ1) is 17.4. The molecule has 0 spiro atoms. The molecule has 184 valence electrons. The lowest BCUT2D eigenvalue weighted by molar-refractivity contribution is -0.136. The van der Waals surface area contributed by atoms with Crippen LogP contribution in [0.5, 0.6) is 0 Å². The first-order valence-electron chi connectivity index (χ1n) is 12.1. The molecule has 4 heterocycles. The standard InChI is InChI=1S/C26H24FN5O4/c27-15-10-17(19-12-32(26(36)18(19)11-15)21-4-5-22(33)30-24(21)34)14-6-8-31(9-7-14)25(35)16-2-1-3-20-23(16)29-13-28-20/h1-3,10-11,13-14,21H,4-9,12H2,(H,28,29)(H,30,33,34). The van der Waals surface area contributed by atoms with Gasteiger partial charge in [-0.25, -0.2) is 9.37 Å². The van der Waals surface area contributed by atoms with E-state index in [1.165, 1.54) is 17.0 Å². The number of aromatic amines is 1. The molecular formula is C26H24FN5O4. The Balaban J connectivity index is 1.21. The maximum Gasteiger partial charge on any atom is 0.256 e. The molecule has 2 fully saturated rings. The number of H-pyrrole nitrogens is 1. The normalized spacial score (nSPS) is 20.7. The van der Waals surface area contributed by atoms with E-state index in [1.54, 1.807) is 17.3 Å². The molecule has 6 rings (SSSR count). The number of benzene rings is 2. The van der Waals surface area contributed by atoms with Gasteiger partial charge in [-0.05, 0) is 60.6 Å². The van der Waals surface area contributed by atoms with E-state index in [4.69, 9.17) is 0 Å². The first-order valence-corrected chi connectivity index (χ1v) is 12.1. The molecule has 9 nitrogen and oxygen atoms in total. The van der Waals surface area contributed by atoms with Crippen LogP contribution in [0.25, 0.3) is 11.0 Å². The van der Waals surface area contributed by atoms with Gasteiger partial charge in [-0.1, -0.05) is 6.07 Å². The minimum Gasteiger partial charge on any atom is -0.344 e. The number of carbonyl (C=O) groups is 4. The molecule has 1 atom stereocenters. The largest absolute Gasteiger partial charge is 0.344 e. The summed E-state index contributed by atoms with van der Waals surface area (Å²) in [6.45, 7) is 1.21. The molecule has 1 unspecified atom stereocenters. The number of imidazole rings is 1. The van der Waals surface area contributed by atoms with E-state index in [-0.39, 0.29) is 48.6 Å². The van der Waals surface area contributed by atoms with Crippen molar-refractivity contribution in [3.63, 3.8) is 0 Å². The third-order valence-electron chi connectivity index (χ3n) is 7.56. The number of amides is 4. The molecule has 0 saturated carbocycles. The van der Waals surface area contributed by atoms with E-state index in [0.29, 0.717) is 37.0 Å². The number of nitrogens with zero attached hydrogens (tertiary/aromatic N) is 3. The average molecular weight is 490 g/mol. The lowest BCUT2D eigenvalue weighted by Crippen LogP contribution is -2.52. The minimum absolute atomic E-state index is 0.0176. The van der Waals surface area contributed by atoms with Gasteiger partial charge in [0.1, 0.15) is 11.9 Å². The van der Waals surface area contributed by atoms with Crippen LogP contribution in [0.1, 0.15) is 63.4 Å². The molecule has 36 heavy (non-hydrogen) atoms. The molecule has 0 bridgehead atoms. The van der Waals surface area contributed by atoms with Crippen LogP contribution in [0, 0.1) is 5.82 Å². The Morgan fingerprint density at radius 1 is 1.08 bits per heavy atom. The third kappa shape index (κ3) is 3.64. The summed E-state index contributed by atoms with van der Waals surface area (Å²) >= 11 is 0. The molecule has 3 aliphatic heterocycles. The molecule has 1 aromatic heterocycles. The van der Waals surface area contributed by atoms with Crippen LogP contribution < -0.4 is 5.32 Å². The van der Waals surface area contributed by atoms with Crippen molar-refractivity contribution in [1.29, 1.82) is 0 Å². The quantitative estimate of drug-likeness (QED) is 0.549. The second kappa shape index (κ2) is 8.54. The van der Waals surface area contributed by atoms with Gasteiger partial charge >= 0.3 is 0 Å². The van der Waals surface area contributed by atoms with E-state index >= 15 is 0 Å². The van der Waals surface area contributed by atoms with Gasteiger partial charge in [0.25, 0.3) is 11.8 Å². The Bertz CT molecular complexity index is 1420. The number of imide groups is 1. The van der Waals surface area contributed by atoms with Gasteiger partial charge in [-0.3, -0.25) is 24.5 Å². The monoisotopic (exact) mass is 489 g/mol. The Morgan fingerprint density at radius 3 is 2.67 bits per heavy atom. The van der Waals surface area contributed by atoms with Gasteiger partial charge in [-0.15, -0.1) is 0 Å². The van der Waals surface area contributed by atoms with Gasteiger partial charge in [0.15, 0.2) is 0 Å². The van der Waals surface area contributed by atoms with Gasteiger partial charge < -0.3 is 14.8 Å². The summed E-state index contributed by atoms with van der Waals surface area (Å²) in [4.78, 5) is 60.8. The van der Waals surface area contributed by atoms with E-state index in [9.17, 15) is 23.6 Å². The number of nitrogens with one attached hydrogen (secondary N) is 2. The van der Waals surface area contributed by atoms with Crippen molar-refractivity contribution < 1.29 is 23.6 Å². The molecule has 0 aliphatic carbocycles. The predicted octanol–water partition coefficient (Wildman–Crippen LogP) is 2.48. The van der Waals surface area contributed by atoms with Crippen molar-refractivity contribution in [2.75, 3.05) is 13.1 Å². The van der Waals surface area contributed by atoms with Crippen LogP contribution in [-0.2, 0) is 16.1 Å². The topological polar surface area (TPSA) is 115 Å². The van der Waals surface area contributed by atoms with E-state index < -0.39 is 17.8 Å². The second-order valence-corrected chi connectivity index (χ2v) is 9.59. The number of hydrogen-bond donors (Lipinski definition) is 2. The Hall–Kier alpha value is -4.08. The summed E-state index contributed by atoms with van der Waals surface area (Å²) in [5.41, 5.74) is 3.78. The highest BCUT2D eigenvalue weighted by Gasteiger charge is 2.41. The van der Waals surface area contributed by atoms with E-state index in [2.05, 4.69) is 15.3 Å². The highest BCUT2D eigenvalue weighted by molar-refractivity contribution is 6.06. The van der Waals surface area contributed by atoms with Gasteiger partial charge in [0.2, 0.25) is 11.8 Å². The number of halogens is 1. The number of hydrogen-bond acceptors (Lipinski definition) is 5. The van der Waals surface area contributed by atoms with Crippen LogP contribution in [0.15, 0.2) is 36.7 Å². The summed E-state index contributed by atoms with van der Waals surface area (Å²) in [6.07, 6.45) is 3.25. The summed E-state index contributed by atoms with van der Waals surface area (Å²) in [5.74, 6) is -1.82. The predicted molar refractivity (Wildman–Crippen MR) is 126 cm³/mol. The van der Waals surface area contributed by atoms with Gasteiger partial charge in [-0.2, -0.15) is 0 Å². The molecule has 2 aromatic carbocycles. The van der Waals surface area contributed by atoms with Crippen molar-refractivity contribution in [2.24, 2.45) is 0 Å². The number of para-hydroxylation sites is 1. The van der Waals surface area contributed by atoms with Crippen LogP contribution in [-0.4, -0.2) is 62.5 Å². The number of fused-ring (bicyclic) bond motifs is 2. The lowest BCUT2D eigenvalue weighted by atomic mass is 9.85. The Kier molecular flexibility index (Phi) is 5.31. The number of aromatic nitrogens is 2. The fraction of sp³-hybridized carbons (Fsp3) is 0.346.